The third-order valence-electron chi connectivity index (χ3n) is 14.9. The molecule has 12 rings (SSSR count). The van der Waals surface area contributed by atoms with Crippen LogP contribution in [0.5, 0.6) is 69.0 Å². The quantitative estimate of drug-likeness (QED) is 0.0375. The van der Waals surface area contributed by atoms with Gasteiger partial charge in [-0.3, -0.25) is 0 Å². The summed E-state index contributed by atoms with van der Waals surface area (Å²) < 4.78 is 151. The van der Waals surface area contributed by atoms with Gasteiger partial charge in [-0.25, -0.2) is 0 Å². The van der Waals surface area contributed by atoms with E-state index in [2.05, 4.69) is 0 Å². The molecule has 12 aromatic rings. The van der Waals surface area contributed by atoms with E-state index in [1.165, 1.54) is 0 Å². The van der Waals surface area contributed by atoms with Crippen molar-refractivity contribution in [1.29, 1.82) is 0 Å². The van der Waals surface area contributed by atoms with E-state index in [-0.39, 0.29) is 17.1 Å². The van der Waals surface area contributed by atoms with Gasteiger partial charge in [0.15, 0.2) is 0 Å². The first-order chi connectivity index (χ1) is 51.7. The number of rotatable bonds is 24. The standard InChI is InChI=1S/4C21H21O4P.ClH3O4.Fe/c4*1-16-4-10-19(11-5-16)23-26(22,24-20-12-6-17(2)7-13-20)25-21-14-8-18(3)9-15-21;2-1(3,4)5;/h4*4-15H,1-3H3;2-4H;/q;;;;;+2. The monoisotopic (exact) mass is 1630 g/mol. The second-order valence-corrected chi connectivity index (χ2v) is 31.7. The number of aryl methyl sites for hydroxylation is 12. The summed E-state index contributed by atoms with van der Waals surface area (Å²) in [6, 6.07) is 86.6. The first kappa shape index (κ1) is 87.0. The third kappa shape index (κ3) is 31.8. The first-order valence-electron chi connectivity index (χ1n) is 33.9. The Morgan fingerprint density at radius 1 is 0.182 bits per heavy atom. The zero-order valence-electron chi connectivity index (χ0n) is 62.5. The molecule has 0 aliphatic rings. The van der Waals surface area contributed by atoms with Crippen LogP contribution >= 0.6 is 31.3 Å². The van der Waals surface area contributed by atoms with Crippen molar-refractivity contribution in [1.82, 2.24) is 0 Å². The van der Waals surface area contributed by atoms with Crippen LogP contribution in [0.4, 0.5) is 0 Å². The van der Waals surface area contributed by atoms with Crippen LogP contribution < -0.4 is 58.9 Å². The van der Waals surface area contributed by atoms with Crippen molar-refractivity contribution >= 4 is 31.3 Å². The van der Waals surface area contributed by atoms with E-state index in [4.69, 9.17) is 72.9 Å². The minimum absolute atomic E-state index is 0. The molecule has 576 valence electrons. The van der Waals surface area contributed by atoms with Gasteiger partial charge in [-0.15, -0.1) is 0 Å². The van der Waals surface area contributed by atoms with Crippen LogP contribution in [0.15, 0.2) is 291 Å². The van der Waals surface area contributed by atoms with Gasteiger partial charge in [0.05, 0.1) is 0 Å². The Morgan fingerprint density at radius 2 is 0.236 bits per heavy atom. The van der Waals surface area contributed by atoms with Crippen molar-refractivity contribution in [3.05, 3.63) is 358 Å². The first-order valence-corrected chi connectivity index (χ1v) is 41.1. The number of halogens is 1. The molecule has 0 unspecified atom stereocenters. The topological polar surface area (TPSA) is 263 Å². The van der Waals surface area contributed by atoms with E-state index >= 15 is 0 Å². The normalized spacial score (nSPS) is 11.1. The summed E-state index contributed by atoms with van der Waals surface area (Å²) >= 11 is 0. The number of phosphoric acid groups is 4. The molecule has 12 aromatic carbocycles. The van der Waals surface area contributed by atoms with Gasteiger partial charge in [0.2, 0.25) is 0 Å². The van der Waals surface area contributed by atoms with E-state index in [1.807, 2.05) is 229 Å². The average Bonchev–Trinajstić information content (AvgIpc) is 0.841. The van der Waals surface area contributed by atoms with E-state index < -0.39 is 41.5 Å². The fourth-order valence-electron chi connectivity index (χ4n) is 8.96. The van der Waals surface area contributed by atoms with Gasteiger partial charge >= 0.3 is 77.2 Å². The molecule has 0 aliphatic heterocycles. The maximum atomic E-state index is 13.3. The van der Waals surface area contributed by atoms with Crippen molar-refractivity contribution in [3.8, 4) is 69.0 Å². The van der Waals surface area contributed by atoms with E-state index in [0.717, 1.165) is 66.8 Å². The Morgan fingerprint density at radius 3 is 0.291 bits per heavy atom. The number of benzene rings is 12. The number of hydrogen-bond acceptors (Lipinski definition) is 20. The van der Waals surface area contributed by atoms with E-state index in [1.54, 1.807) is 146 Å². The second kappa shape index (κ2) is 41.0. The fourth-order valence-corrected chi connectivity index (χ4v) is 14.0. The molecule has 0 radical (unpaired) electrons. The predicted molar refractivity (Wildman–Crippen MR) is 419 cm³/mol. The van der Waals surface area contributed by atoms with Gasteiger partial charge in [-0.2, -0.15) is 18.3 Å². The van der Waals surface area contributed by atoms with Crippen molar-refractivity contribution < 1.29 is 118 Å². The summed E-state index contributed by atoms with van der Waals surface area (Å²) in [7, 11) is -19.9. The van der Waals surface area contributed by atoms with Crippen molar-refractivity contribution in [2.45, 2.75) is 83.1 Å². The van der Waals surface area contributed by atoms with Crippen LogP contribution in [0.3, 0.4) is 0 Å². The minimum atomic E-state index is -4.19. The SMILES string of the molecule is Cc1ccc(OP(=O)(Oc2ccc(C)cc2)Oc2ccc(C)cc2)cc1.Cc1ccc(OP(=O)(Oc2ccc(C)cc2)Oc2ccc(C)cc2)cc1.Cc1ccc(OP(=O)(Oc2ccc(C)cc2)Oc2ccc(C)cc2)cc1.Cc1ccc(OP(=O)(Oc2ccc(C)cc2)Oc2ccc(C)cc2)cc1.[Fe+2].[O-][Cl+](O)(O)O. The molecule has 3 N–H and O–H groups in total. The van der Waals surface area contributed by atoms with Crippen LogP contribution in [0, 0.1) is 93.3 Å². The molecule has 0 saturated carbocycles. The van der Waals surface area contributed by atoms with Crippen molar-refractivity contribution in [2.24, 2.45) is 0 Å². The molecule has 0 heterocycles. The molecular weight excluding hydrogens is 1540 g/mol. The van der Waals surface area contributed by atoms with E-state index in [0.29, 0.717) is 69.0 Å². The average molecular weight is 1630 g/mol. The van der Waals surface area contributed by atoms with Crippen molar-refractivity contribution in [2.75, 3.05) is 0 Å². The van der Waals surface area contributed by atoms with Gasteiger partial charge in [0.25, 0.3) is 0 Å². The molecule has 26 heteroatoms. The van der Waals surface area contributed by atoms with Gasteiger partial charge < -0.3 is 54.3 Å². The van der Waals surface area contributed by atoms with Gasteiger partial charge in [0, 0.05) is 0 Å². The van der Waals surface area contributed by atoms with Crippen LogP contribution in [0.25, 0.3) is 0 Å². The fraction of sp³-hybridized carbons (Fsp3) is 0.143. The molecule has 0 aromatic heterocycles. The molecule has 0 bridgehead atoms. The Balaban J connectivity index is 0.000000199. The zero-order chi connectivity index (χ0) is 78.8. The van der Waals surface area contributed by atoms with Crippen LogP contribution in [0.1, 0.15) is 66.8 Å². The molecule has 0 saturated heterocycles. The van der Waals surface area contributed by atoms with Gasteiger partial charge in [0.1, 0.15) is 69.0 Å². The molecule has 20 nitrogen and oxygen atoms in total. The molecule has 0 atom stereocenters. The zero-order valence-corrected chi connectivity index (χ0v) is 68.0. The Bertz CT molecular complexity index is 3870. The summed E-state index contributed by atoms with van der Waals surface area (Å²) in [5, 5.41) is 0. The molecular formula is C84H87ClFeO20P4+2. The van der Waals surface area contributed by atoms with Gasteiger partial charge in [-0.05, 0) is 229 Å². The number of hydrogen-bond donors (Lipinski definition) is 3. The molecule has 0 aliphatic carbocycles. The van der Waals surface area contributed by atoms with Crippen LogP contribution in [0.2, 0.25) is 0 Å². The molecule has 0 fully saturated rings. The summed E-state index contributed by atoms with van der Waals surface area (Å²) in [4.78, 5) is 0. The summed E-state index contributed by atoms with van der Waals surface area (Å²) in [6.07, 6.45) is 0. The Labute approximate surface area is 655 Å². The molecule has 0 spiro atoms. The maximum absolute atomic E-state index is 13.3. The molecule has 110 heavy (non-hydrogen) atoms. The summed E-state index contributed by atoms with van der Waals surface area (Å²) in [5.74, 6) is 4.98. The summed E-state index contributed by atoms with van der Waals surface area (Å²) in [6.45, 7) is 23.6. The summed E-state index contributed by atoms with van der Waals surface area (Å²) in [5.41, 5.74) is 12.9. The van der Waals surface area contributed by atoms with Crippen LogP contribution in [-0.4, -0.2) is 14.0 Å². The third-order valence-corrected chi connectivity index (χ3v) is 20.1. The van der Waals surface area contributed by atoms with Gasteiger partial charge in [-0.1, -0.05) is 212 Å². The second-order valence-electron chi connectivity index (χ2n) is 25.1. The van der Waals surface area contributed by atoms with Crippen LogP contribution in [-0.2, 0) is 35.3 Å². The molecule has 0 amide bonds. The predicted octanol–water partition coefficient (Wildman–Crippen LogP) is 22.2. The van der Waals surface area contributed by atoms with Crippen molar-refractivity contribution in [3.63, 3.8) is 0 Å². The Hall–Kier alpha value is -10.2. The number of phosphoric ester groups is 4. The van der Waals surface area contributed by atoms with E-state index in [9.17, 15) is 18.3 Å². The Kier molecular flexibility index (Phi) is 32.5.